The van der Waals surface area contributed by atoms with Gasteiger partial charge in [-0.2, -0.15) is 4.98 Å². The monoisotopic (exact) mass is 359 g/mol. The summed E-state index contributed by atoms with van der Waals surface area (Å²) in [6.07, 6.45) is 0. The molecule has 0 radical (unpaired) electrons. The van der Waals surface area contributed by atoms with Crippen LogP contribution >= 0.6 is 12.6 Å². The van der Waals surface area contributed by atoms with Crippen molar-refractivity contribution < 1.29 is 15.7 Å². The highest BCUT2D eigenvalue weighted by atomic mass is 32.1. The number of hydrogen-bond donors (Lipinski definition) is 2. The largest absolute Gasteiger partial charge is 0.424 e. The minimum Gasteiger partial charge on any atom is -0.424 e. The smallest absolute Gasteiger partial charge is 0.324 e. The number of nitrogens with zero attached hydrogens (tertiary/aromatic N) is 2. The predicted molar refractivity (Wildman–Crippen MR) is 102 cm³/mol. The van der Waals surface area contributed by atoms with Crippen LogP contribution in [0.1, 0.15) is 11.3 Å². The summed E-state index contributed by atoms with van der Waals surface area (Å²) in [5.41, 5.74) is 1.95. The molecule has 0 saturated heterocycles. The Labute approximate surface area is 151 Å². The Morgan fingerprint density at radius 2 is 1.64 bits per heavy atom. The van der Waals surface area contributed by atoms with E-state index in [0.717, 1.165) is 22.0 Å². The van der Waals surface area contributed by atoms with Crippen LogP contribution in [0.15, 0.2) is 65.6 Å². The first kappa shape index (κ1) is 20.4. The molecule has 6 nitrogen and oxygen atoms in total. The van der Waals surface area contributed by atoms with Gasteiger partial charge in [0.05, 0.1) is 0 Å². The summed E-state index contributed by atoms with van der Waals surface area (Å²) >= 11 is 4.45. The first-order valence-electron chi connectivity index (χ1n) is 7.30. The number of aryl methyl sites for hydroxylation is 1. The van der Waals surface area contributed by atoms with Gasteiger partial charge in [-0.15, -0.1) is 12.6 Å². The van der Waals surface area contributed by atoms with Crippen molar-refractivity contribution >= 4 is 18.4 Å². The number of thiol groups is 1. The molecule has 0 saturated carbocycles. The summed E-state index contributed by atoms with van der Waals surface area (Å²) in [5.74, 6) is 1.43. The maximum absolute atomic E-state index is 5.70. The summed E-state index contributed by atoms with van der Waals surface area (Å²) in [6.45, 7) is 2.55. The molecule has 0 fully saturated rings. The molecule has 0 bridgehead atoms. The molecule has 0 unspecified atom stereocenters. The van der Waals surface area contributed by atoms with Crippen molar-refractivity contribution in [2.24, 2.45) is 0 Å². The van der Waals surface area contributed by atoms with Crippen LogP contribution in [0, 0.1) is 6.92 Å². The number of anilines is 1. The minimum absolute atomic E-state index is 0. The summed E-state index contributed by atoms with van der Waals surface area (Å²) in [7, 11) is 0. The lowest BCUT2D eigenvalue weighted by molar-refractivity contribution is 0.441. The zero-order valence-corrected chi connectivity index (χ0v) is 14.6. The Kier molecular flexibility index (Phi) is 7.87. The fraction of sp³-hybridized carbons (Fsp3) is 0.111. The maximum Gasteiger partial charge on any atom is 0.324 e. The molecule has 0 spiro atoms. The molecule has 0 aliphatic carbocycles. The fourth-order valence-electron chi connectivity index (χ4n) is 2.12. The standard InChI is InChI=1S/C18H17N3OS.2H2O/c1-13-11-17(19-12-14-7-5-6-10-16(14)23)21-18(20-13)22-15-8-3-2-4-9-15;;/h2-11,23H,12H2,1H3,(H,19,20,21);2*1H2. The topological polar surface area (TPSA) is 110 Å². The second-order valence-corrected chi connectivity index (χ2v) is 5.56. The molecule has 0 atom stereocenters. The Bertz CT molecular complexity index is 801. The third-order valence-corrected chi connectivity index (χ3v) is 3.67. The zero-order valence-electron chi connectivity index (χ0n) is 13.7. The Balaban J connectivity index is 0.00000156. The van der Waals surface area contributed by atoms with Gasteiger partial charge in [-0.1, -0.05) is 36.4 Å². The van der Waals surface area contributed by atoms with E-state index in [-0.39, 0.29) is 11.0 Å². The first-order valence-corrected chi connectivity index (χ1v) is 7.75. The molecule has 3 rings (SSSR count). The third kappa shape index (κ3) is 5.75. The van der Waals surface area contributed by atoms with E-state index in [2.05, 4.69) is 27.9 Å². The number of rotatable bonds is 5. The summed E-state index contributed by atoms with van der Waals surface area (Å²) in [4.78, 5) is 9.67. The third-order valence-electron chi connectivity index (χ3n) is 3.24. The van der Waals surface area contributed by atoms with Gasteiger partial charge in [-0.25, -0.2) is 4.98 Å². The SMILES string of the molecule is Cc1cc(NCc2ccccc2S)nc(Oc2ccccc2)n1.O.O. The van der Waals surface area contributed by atoms with E-state index in [4.69, 9.17) is 4.74 Å². The van der Waals surface area contributed by atoms with Crippen LogP contribution < -0.4 is 10.1 Å². The molecule has 0 amide bonds. The molecule has 132 valence electrons. The van der Waals surface area contributed by atoms with E-state index in [9.17, 15) is 0 Å². The molecule has 1 aromatic heterocycles. The van der Waals surface area contributed by atoms with Crippen molar-refractivity contribution in [3.63, 3.8) is 0 Å². The van der Waals surface area contributed by atoms with E-state index >= 15 is 0 Å². The van der Waals surface area contributed by atoms with Crippen molar-refractivity contribution in [2.75, 3.05) is 5.32 Å². The Morgan fingerprint density at radius 3 is 2.36 bits per heavy atom. The molecule has 0 aliphatic heterocycles. The number of para-hydroxylation sites is 1. The van der Waals surface area contributed by atoms with Gasteiger partial charge < -0.3 is 21.0 Å². The fourth-order valence-corrected chi connectivity index (χ4v) is 2.36. The summed E-state index contributed by atoms with van der Waals surface area (Å²) < 4.78 is 5.70. The number of ether oxygens (including phenoxy) is 1. The molecule has 7 heteroatoms. The normalized spacial score (nSPS) is 9.52. The van der Waals surface area contributed by atoms with E-state index in [1.807, 2.05) is 67.6 Å². The lowest BCUT2D eigenvalue weighted by Crippen LogP contribution is -2.04. The van der Waals surface area contributed by atoms with Crippen LogP contribution in [-0.4, -0.2) is 20.9 Å². The van der Waals surface area contributed by atoms with Crippen LogP contribution in [0.2, 0.25) is 0 Å². The van der Waals surface area contributed by atoms with Crippen LogP contribution in [0.25, 0.3) is 0 Å². The van der Waals surface area contributed by atoms with E-state index in [0.29, 0.717) is 18.3 Å². The minimum atomic E-state index is 0. The predicted octanol–water partition coefficient (Wildman–Crippen LogP) is 2.83. The second kappa shape index (κ2) is 9.63. The van der Waals surface area contributed by atoms with Crippen molar-refractivity contribution in [3.05, 3.63) is 71.9 Å². The Morgan fingerprint density at radius 1 is 0.960 bits per heavy atom. The van der Waals surface area contributed by atoms with Gasteiger partial charge in [0.25, 0.3) is 0 Å². The highest BCUT2D eigenvalue weighted by Gasteiger charge is 2.05. The van der Waals surface area contributed by atoms with E-state index in [1.54, 1.807) is 0 Å². The zero-order chi connectivity index (χ0) is 16.1. The molecule has 2 aromatic carbocycles. The highest BCUT2D eigenvalue weighted by molar-refractivity contribution is 7.80. The van der Waals surface area contributed by atoms with E-state index in [1.165, 1.54) is 0 Å². The molecular weight excluding hydrogens is 338 g/mol. The number of aromatic nitrogens is 2. The van der Waals surface area contributed by atoms with Crippen LogP contribution in [-0.2, 0) is 6.54 Å². The number of nitrogens with one attached hydrogen (secondary N) is 1. The van der Waals surface area contributed by atoms with Crippen LogP contribution in [0.3, 0.4) is 0 Å². The van der Waals surface area contributed by atoms with Crippen molar-refractivity contribution in [3.8, 4) is 11.8 Å². The van der Waals surface area contributed by atoms with Gasteiger partial charge >= 0.3 is 6.01 Å². The van der Waals surface area contributed by atoms with Gasteiger partial charge in [0.15, 0.2) is 0 Å². The lowest BCUT2D eigenvalue weighted by Gasteiger charge is -2.10. The lowest BCUT2D eigenvalue weighted by atomic mass is 10.2. The highest BCUT2D eigenvalue weighted by Crippen LogP contribution is 2.20. The molecular formula is C18H21N3O3S. The number of benzene rings is 2. The maximum atomic E-state index is 5.70. The van der Waals surface area contributed by atoms with Crippen LogP contribution in [0.5, 0.6) is 11.8 Å². The molecule has 25 heavy (non-hydrogen) atoms. The average Bonchev–Trinajstić information content (AvgIpc) is 2.54. The molecule has 3 aromatic rings. The summed E-state index contributed by atoms with van der Waals surface area (Å²) in [5, 5.41) is 3.29. The van der Waals surface area contributed by atoms with Gasteiger partial charge in [0.1, 0.15) is 11.6 Å². The van der Waals surface area contributed by atoms with Gasteiger partial charge in [-0.05, 0) is 30.7 Å². The molecule has 1 heterocycles. The van der Waals surface area contributed by atoms with Gasteiger partial charge in [-0.3, -0.25) is 0 Å². The average molecular weight is 359 g/mol. The van der Waals surface area contributed by atoms with Crippen molar-refractivity contribution in [1.29, 1.82) is 0 Å². The van der Waals surface area contributed by atoms with Crippen LogP contribution in [0.4, 0.5) is 5.82 Å². The van der Waals surface area contributed by atoms with Crippen molar-refractivity contribution in [2.45, 2.75) is 18.4 Å². The van der Waals surface area contributed by atoms with E-state index < -0.39 is 0 Å². The Hall–Kier alpha value is -2.61. The quantitative estimate of drug-likeness (QED) is 0.682. The summed E-state index contributed by atoms with van der Waals surface area (Å²) in [6, 6.07) is 19.7. The number of hydrogen-bond acceptors (Lipinski definition) is 5. The molecule has 0 aliphatic rings. The van der Waals surface area contributed by atoms with Crippen molar-refractivity contribution in [1.82, 2.24) is 9.97 Å². The van der Waals surface area contributed by atoms with Gasteiger partial charge in [0.2, 0.25) is 0 Å². The first-order chi connectivity index (χ1) is 11.2. The van der Waals surface area contributed by atoms with Gasteiger partial charge in [0, 0.05) is 23.2 Å². The molecule has 5 N–H and O–H groups in total. The second-order valence-electron chi connectivity index (χ2n) is 5.07.